The van der Waals surface area contributed by atoms with E-state index in [1.807, 2.05) is 0 Å². The molecule has 3 heteroatoms. The summed E-state index contributed by atoms with van der Waals surface area (Å²) >= 11 is 0. The van der Waals surface area contributed by atoms with Crippen LogP contribution in [-0.4, -0.2) is 26.9 Å². The van der Waals surface area contributed by atoms with Crippen LogP contribution in [0.1, 0.15) is 27.2 Å². The van der Waals surface area contributed by atoms with E-state index >= 15 is 0 Å². The summed E-state index contributed by atoms with van der Waals surface area (Å²) in [5.41, 5.74) is 0.368. The SMILES string of the molecule is CC(C)[C@@]1(O)[C@H](C[Si](C)(C)C)[C@H]([Si](C)(C)C)C[C@@H]1C. The molecule has 1 nitrogen and oxygen atoms in total. The fraction of sp³-hybridized carbons (Fsp3) is 1.00. The van der Waals surface area contributed by atoms with E-state index in [0.717, 1.165) is 5.54 Å². The third kappa shape index (κ3) is 3.54. The van der Waals surface area contributed by atoms with Crippen LogP contribution in [0.15, 0.2) is 0 Å². The second kappa shape index (κ2) is 5.30. The van der Waals surface area contributed by atoms with E-state index in [0.29, 0.717) is 17.8 Å². The van der Waals surface area contributed by atoms with E-state index in [-0.39, 0.29) is 0 Å². The number of hydrogen-bond donors (Lipinski definition) is 1. The van der Waals surface area contributed by atoms with Gasteiger partial charge in [0.15, 0.2) is 0 Å². The van der Waals surface area contributed by atoms with Gasteiger partial charge in [-0.2, -0.15) is 0 Å². The van der Waals surface area contributed by atoms with Crippen LogP contribution < -0.4 is 0 Å². The molecule has 0 bridgehead atoms. The maximum atomic E-state index is 11.4. The molecule has 19 heavy (non-hydrogen) atoms. The average Bonchev–Trinajstić information content (AvgIpc) is 2.40. The Morgan fingerprint density at radius 1 is 1.11 bits per heavy atom. The Morgan fingerprint density at radius 3 is 1.89 bits per heavy atom. The van der Waals surface area contributed by atoms with Crippen molar-refractivity contribution in [2.24, 2.45) is 17.8 Å². The lowest BCUT2D eigenvalue weighted by Crippen LogP contribution is -2.48. The van der Waals surface area contributed by atoms with Gasteiger partial charge >= 0.3 is 0 Å². The maximum Gasteiger partial charge on any atom is 0.0721 e. The van der Waals surface area contributed by atoms with Crippen molar-refractivity contribution >= 4 is 16.1 Å². The summed E-state index contributed by atoms with van der Waals surface area (Å²) in [4.78, 5) is 0. The lowest BCUT2D eigenvalue weighted by atomic mass is 9.77. The highest BCUT2D eigenvalue weighted by atomic mass is 28.3. The first-order valence-corrected chi connectivity index (χ1v) is 15.3. The molecule has 1 N–H and O–H groups in total. The normalized spacial score (nSPS) is 37.1. The molecule has 0 radical (unpaired) electrons. The Hall–Kier alpha value is 0.394. The van der Waals surface area contributed by atoms with Crippen LogP contribution in [0.3, 0.4) is 0 Å². The van der Waals surface area contributed by atoms with Crippen molar-refractivity contribution < 1.29 is 5.11 Å². The Bertz CT molecular complexity index is 314. The summed E-state index contributed by atoms with van der Waals surface area (Å²) in [6, 6.07) is 1.29. The smallest absolute Gasteiger partial charge is 0.0721 e. The Kier molecular flexibility index (Phi) is 4.87. The van der Waals surface area contributed by atoms with E-state index in [9.17, 15) is 5.11 Å². The lowest BCUT2D eigenvalue weighted by Gasteiger charge is -2.43. The molecule has 0 spiro atoms. The fourth-order valence-electron chi connectivity index (χ4n) is 4.34. The van der Waals surface area contributed by atoms with Gasteiger partial charge in [0.05, 0.1) is 5.60 Å². The quantitative estimate of drug-likeness (QED) is 0.718. The first-order valence-electron chi connectivity index (χ1n) is 8.02. The third-order valence-electron chi connectivity index (χ3n) is 5.35. The standard InChI is InChI=1S/C16H36OSi2/c1-12(2)16(17)13(3)10-15(19(7,8)9)14(16)11-18(4,5)6/h12-15,17H,10-11H2,1-9H3/t13-,14+,15+,16-/m0/s1. The molecule has 0 unspecified atom stereocenters. The van der Waals surface area contributed by atoms with Gasteiger partial charge in [-0.15, -0.1) is 0 Å². The maximum absolute atomic E-state index is 11.4. The minimum atomic E-state index is -1.20. The average molecular weight is 301 g/mol. The van der Waals surface area contributed by atoms with Crippen molar-refractivity contribution in [3.63, 3.8) is 0 Å². The fourth-order valence-corrected chi connectivity index (χ4v) is 9.16. The van der Waals surface area contributed by atoms with Crippen molar-refractivity contribution in [3.05, 3.63) is 0 Å². The van der Waals surface area contributed by atoms with Gasteiger partial charge in [0.1, 0.15) is 0 Å². The molecule has 0 amide bonds. The summed E-state index contributed by atoms with van der Waals surface area (Å²) in [7, 11) is -2.35. The first-order chi connectivity index (χ1) is 8.30. The van der Waals surface area contributed by atoms with E-state index in [2.05, 4.69) is 60.1 Å². The lowest BCUT2D eigenvalue weighted by molar-refractivity contribution is -0.0657. The topological polar surface area (TPSA) is 20.2 Å². The monoisotopic (exact) mass is 300 g/mol. The minimum absolute atomic E-state index is 0.380. The summed E-state index contributed by atoms with van der Waals surface area (Å²) < 4.78 is 0. The van der Waals surface area contributed by atoms with Crippen LogP contribution in [0.5, 0.6) is 0 Å². The molecular formula is C16H36OSi2. The molecule has 0 aromatic carbocycles. The van der Waals surface area contributed by atoms with Crippen LogP contribution >= 0.6 is 0 Å². The van der Waals surface area contributed by atoms with Gasteiger partial charge in [0.2, 0.25) is 0 Å². The molecule has 0 heterocycles. The molecule has 1 saturated carbocycles. The molecule has 1 rings (SSSR count). The van der Waals surface area contributed by atoms with Crippen molar-refractivity contribution in [2.75, 3.05) is 0 Å². The van der Waals surface area contributed by atoms with E-state index in [4.69, 9.17) is 0 Å². The molecule has 0 aromatic rings. The number of rotatable bonds is 4. The molecule has 1 fully saturated rings. The highest BCUT2D eigenvalue weighted by Crippen LogP contribution is 2.57. The Balaban J connectivity index is 3.17. The third-order valence-corrected chi connectivity index (χ3v) is 9.87. The van der Waals surface area contributed by atoms with Gasteiger partial charge in [-0.25, -0.2) is 0 Å². The van der Waals surface area contributed by atoms with Crippen LogP contribution in [0.2, 0.25) is 50.9 Å². The molecule has 1 aliphatic rings. The Morgan fingerprint density at radius 2 is 1.58 bits per heavy atom. The Labute approximate surface area is 123 Å². The largest absolute Gasteiger partial charge is 0.389 e. The van der Waals surface area contributed by atoms with Crippen molar-refractivity contribution in [1.29, 1.82) is 0 Å². The zero-order valence-electron chi connectivity index (χ0n) is 14.7. The van der Waals surface area contributed by atoms with Gasteiger partial charge in [-0.05, 0) is 29.7 Å². The van der Waals surface area contributed by atoms with Gasteiger partial charge in [-0.3, -0.25) is 0 Å². The van der Waals surface area contributed by atoms with Crippen molar-refractivity contribution in [2.45, 2.75) is 83.7 Å². The van der Waals surface area contributed by atoms with Crippen molar-refractivity contribution in [1.82, 2.24) is 0 Å². The van der Waals surface area contributed by atoms with Gasteiger partial charge < -0.3 is 5.11 Å². The van der Waals surface area contributed by atoms with Gasteiger partial charge in [0.25, 0.3) is 0 Å². The van der Waals surface area contributed by atoms with Crippen LogP contribution in [0.4, 0.5) is 0 Å². The van der Waals surface area contributed by atoms with E-state index in [1.165, 1.54) is 12.5 Å². The van der Waals surface area contributed by atoms with Crippen molar-refractivity contribution in [3.8, 4) is 0 Å². The zero-order chi connectivity index (χ0) is 15.2. The summed E-state index contributed by atoms with van der Waals surface area (Å²) in [6.07, 6.45) is 1.25. The predicted octanol–water partition coefficient (Wildman–Crippen LogP) is 5.08. The second-order valence-corrected chi connectivity index (χ2v) is 20.5. The van der Waals surface area contributed by atoms with Crippen LogP contribution in [0, 0.1) is 17.8 Å². The minimum Gasteiger partial charge on any atom is -0.389 e. The summed E-state index contributed by atoms with van der Waals surface area (Å²) in [5, 5.41) is 11.4. The molecule has 0 aliphatic heterocycles. The first kappa shape index (κ1) is 17.4. The summed E-state index contributed by atoms with van der Waals surface area (Å²) in [5.74, 6) is 1.39. The predicted molar refractivity (Wildman–Crippen MR) is 92.3 cm³/mol. The molecular weight excluding hydrogens is 264 g/mol. The number of hydrogen-bond acceptors (Lipinski definition) is 1. The molecule has 0 aromatic heterocycles. The number of aliphatic hydroxyl groups is 1. The molecule has 1 aliphatic carbocycles. The zero-order valence-corrected chi connectivity index (χ0v) is 16.7. The van der Waals surface area contributed by atoms with Gasteiger partial charge in [-0.1, -0.05) is 66.1 Å². The molecule has 0 saturated heterocycles. The molecule has 4 atom stereocenters. The van der Waals surface area contributed by atoms with E-state index in [1.54, 1.807) is 0 Å². The highest BCUT2D eigenvalue weighted by molar-refractivity contribution is 6.78. The van der Waals surface area contributed by atoms with Crippen LogP contribution in [-0.2, 0) is 0 Å². The van der Waals surface area contributed by atoms with E-state index < -0.39 is 21.7 Å². The van der Waals surface area contributed by atoms with Gasteiger partial charge in [0, 0.05) is 16.1 Å². The molecule has 114 valence electrons. The highest BCUT2D eigenvalue weighted by Gasteiger charge is 2.57. The van der Waals surface area contributed by atoms with Crippen LogP contribution in [0.25, 0.3) is 0 Å². The second-order valence-electron chi connectivity index (χ2n) is 9.52. The summed E-state index contributed by atoms with van der Waals surface area (Å²) in [6.45, 7) is 21.6.